The van der Waals surface area contributed by atoms with Crippen LogP contribution in [-0.4, -0.2) is 19.8 Å². The summed E-state index contributed by atoms with van der Waals surface area (Å²) in [6, 6.07) is 13.4. The van der Waals surface area contributed by atoms with Gasteiger partial charge in [0.15, 0.2) is 0 Å². The summed E-state index contributed by atoms with van der Waals surface area (Å²) < 4.78 is 11.3. The second kappa shape index (κ2) is 11.1. The minimum Gasteiger partial charge on any atom is -0.494 e. The van der Waals surface area contributed by atoms with Gasteiger partial charge in [0.25, 0.3) is 0 Å². The van der Waals surface area contributed by atoms with Crippen molar-refractivity contribution in [1.82, 2.24) is 0 Å². The Morgan fingerprint density at radius 2 is 1.64 bits per heavy atom. The first-order chi connectivity index (χ1) is 12.2. The van der Waals surface area contributed by atoms with Gasteiger partial charge in [0, 0.05) is 17.3 Å². The van der Waals surface area contributed by atoms with Crippen LogP contribution in [0.2, 0.25) is 10.0 Å². The quantitative estimate of drug-likeness (QED) is 0.454. The molecule has 2 aromatic rings. The van der Waals surface area contributed by atoms with Gasteiger partial charge >= 0.3 is 0 Å². The fourth-order valence-corrected chi connectivity index (χ4v) is 2.70. The monoisotopic (exact) mass is 381 g/mol. The Kier molecular flexibility index (Phi) is 8.78. The summed E-state index contributed by atoms with van der Waals surface area (Å²) in [7, 11) is 0. The van der Waals surface area contributed by atoms with Crippen LogP contribution in [0.25, 0.3) is 0 Å². The minimum atomic E-state index is 0.548. The van der Waals surface area contributed by atoms with Gasteiger partial charge in [0.1, 0.15) is 11.5 Å². The summed E-state index contributed by atoms with van der Waals surface area (Å²) in [6.45, 7) is 4.47. The molecule has 0 bridgehead atoms. The summed E-state index contributed by atoms with van der Waals surface area (Å²) in [4.78, 5) is 0. The highest BCUT2D eigenvalue weighted by Gasteiger charge is 2.02. The highest BCUT2D eigenvalue weighted by Crippen LogP contribution is 2.27. The number of nitrogens with one attached hydrogen (secondary N) is 1. The molecule has 0 unspecified atom stereocenters. The highest BCUT2D eigenvalue weighted by atomic mass is 35.5. The van der Waals surface area contributed by atoms with Crippen LogP contribution >= 0.6 is 23.2 Å². The van der Waals surface area contributed by atoms with Crippen molar-refractivity contribution in [2.24, 2.45) is 0 Å². The number of benzene rings is 2. The lowest BCUT2D eigenvalue weighted by molar-refractivity contribution is 0.308. The zero-order valence-corrected chi connectivity index (χ0v) is 16.1. The zero-order valence-electron chi connectivity index (χ0n) is 14.6. The third kappa shape index (κ3) is 7.45. The fourth-order valence-electron chi connectivity index (χ4n) is 2.24. The molecule has 25 heavy (non-hydrogen) atoms. The summed E-state index contributed by atoms with van der Waals surface area (Å²) in [5.41, 5.74) is 1.10. The van der Waals surface area contributed by atoms with Crippen LogP contribution in [0.4, 0.5) is 5.69 Å². The van der Waals surface area contributed by atoms with Crippen molar-refractivity contribution in [2.75, 3.05) is 25.1 Å². The molecule has 2 rings (SSSR count). The van der Waals surface area contributed by atoms with Gasteiger partial charge in [-0.1, -0.05) is 36.5 Å². The lowest BCUT2D eigenvalue weighted by Gasteiger charge is -2.10. The van der Waals surface area contributed by atoms with Gasteiger partial charge in [-0.3, -0.25) is 0 Å². The topological polar surface area (TPSA) is 30.5 Å². The van der Waals surface area contributed by atoms with Crippen molar-refractivity contribution in [2.45, 2.75) is 32.6 Å². The largest absolute Gasteiger partial charge is 0.494 e. The highest BCUT2D eigenvalue weighted by molar-refractivity contribution is 6.35. The molecule has 0 radical (unpaired) electrons. The normalized spacial score (nSPS) is 10.5. The molecule has 136 valence electrons. The van der Waals surface area contributed by atoms with E-state index in [-0.39, 0.29) is 0 Å². The second-order valence-electron chi connectivity index (χ2n) is 5.78. The molecule has 0 aliphatic heterocycles. The molecule has 0 saturated carbocycles. The van der Waals surface area contributed by atoms with Gasteiger partial charge in [0.2, 0.25) is 0 Å². The Morgan fingerprint density at radius 3 is 2.36 bits per heavy atom. The van der Waals surface area contributed by atoms with E-state index in [1.165, 1.54) is 0 Å². The van der Waals surface area contributed by atoms with Gasteiger partial charge in [-0.25, -0.2) is 0 Å². The van der Waals surface area contributed by atoms with E-state index in [0.29, 0.717) is 22.4 Å². The van der Waals surface area contributed by atoms with Crippen molar-refractivity contribution < 1.29 is 9.47 Å². The molecule has 1 N–H and O–H groups in total. The van der Waals surface area contributed by atoms with Crippen molar-refractivity contribution in [3.63, 3.8) is 0 Å². The molecule has 0 spiro atoms. The van der Waals surface area contributed by atoms with E-state index in [1.807, 2.05) is 24.3 Å². The molecular weight excluding hydrogens is 357 g/mol. The summed E-state index contributed by atoms with van der Waals surface area (Å²) in [5, 5.41) is 4.56. The lowest BCUT2D eigenvalue weighted by atomic mass is 10.2. The van der Waals surface area contributed by atoms with Crippen LogP contribution in [-0.2, 0) is 0 Å². The number of hydrogen-bond donors (Lipinski definition) is 1. The van der Waals surface area contributed by atoms with Crippen LogP contribution in [0.3, 0.4) is 0 Å². The maximum Gasteiger partial charge on any atom is 0.137 e. The van der Waals surface area contributed by atoms with Gasteiger partial charge in [-0.15, -0.1) is 0 Å². The number of unbranched alkanes of at least 4 members (excludes halogenated alkanes) is 2. The predicted molar refractivity (Wildman–Crippen MR) is 107 cm³/mol. The molecule has 0 aliphatic carbocycles. The Bertz CT molecular complexity index is 632. The molecule has 3 nitrogen and oxygen atoms in total. The van der Waals surface area contributed by atoms with E-state index < -0.39 is 0 Å². The molecule has 0 heterocycles. The molecule has 0 saturated heterocycles. The number of ether oxygens (including phenoxy) is 2. The average molecular weight is 382 g/mol. The van der Waals surface area contributed by atoms with E-state index in [2.05, 4.69) is 12.2 Å². The molecular formula is C20H25Cl2NO2. The van der Waals surface area contributed by atoms with E-state index in [1.54, 1.807) is 18.2 Å². The van der Waals surface area contributed by atoms with Crippen molar-refractivity contribution in [3.8, 4) is 11.5 Å². The summed E-state index contributed by atoms with van der Waals surface area (Å²) >= 11 is 11.9. The molecule has 0 fully saturated rings. The van der Waals surface area contributed by atoms with Crippen molar-refractivity contribution in [3.05, 3.63) is 52.5 Å². The van der Waals surface area contributed by atoms with Crippen LogP contribution in [0.15, 0.2) is 42.5 Å². The average Bonchev–Trinajstić information content (AvgIpc) is 2.61. The molecule has 0 atom stereocenters. The number of rotatable bonds is 11. The molecule has 0 aromatic heterocycles. The number of anilines is 1. The minimum absolute atomic E-state index is 0.548. The van der Waals surface area contributed by atoms with Gasteiger partial charge in [-0.2, -0.15) is 0 Å². The van der Waals surface area contributed by atoms with Crippen LogP contribution in [0.1, 0.15) is 32.6 Å². The first kappa shape index (κ1) is 19.7. The maximum absolute atomic E-state index is 6.07. The summed E-state index contributed by atoms with van der Waals surface area (Å²) in [5.74, 6) is 1.60. The molecule has 0 amide bonds. The van der Waals surface area contributed by atoms with Gasteiger partial charge < -0.3 is 14.8 Å². The Morgan fingerprint density at radius 1 is 0.880 bits per heavy atom. The van der Waals surface area contributed by atoms with Crippen molar-refractivity contribution >= 4 is 28.9 Å². The predicted octanol–water partition coefficient (Wildman–Crippen LogP) is 6.44. The Labute approximate surface area is 160 Å². The standard InChI is InChI=1S/C20H25Cl2NO2/c1-2-3-13-24-18-9-7-17(8-10-18)23-12-4-5-14-25-20-11-6-16(21)15-19(20)22/h6-11,15,23H,2-5,12-14H2,1H3. The maximum atomic E-state index is 6.07. The number of hydrogen-bond acceptors (Lipinski definition) is 3. The first-order valence-electron chi connectivity index (χ1n) is 8.73. The van der Waals surface area contributed by atoms with Crippen molar-refractivity contribution in [1.29, 1.82) is 0 Å². The van der Waals surface area contributed by atoms with Crippen LogP contribution in [0.5, 0.6) is 11.5 Å². The van der Waals surface area contributed by atoms with E-state index in [4.69, 9.17) is 32.7 Å². The molecule has 5 heteroatoms. The third-order valence-corrected chi connectivity index (χ3v) is 4.20. The van der Waals surface area contributed by atoms with Gasteiger partial charge in [-0.05, 0) is 61.7 Å². The Balaban J connectivity index is 1.59. The zero-order chi connectivity index (χ0) is 17.9. The smallest absolute Gasteiger partial charge is 0.137 e. The fraction of sp³-hybridized carbons (Fsp3) is 0.400. The van der Waals surface area contributed by atoms with E-state index in [0.717, 1.165) is 50.3 Å². The lowest BCUT2D eigenvalue weighted by Crippen LogP contribution is -2.05. The van der Waals surface area contributed by atoms with E-state index >= 15 is 0 Å². The second-order valence-corrected chi connectivity index (χ2v) is 6.63. The Hall–Kier alpha value is -1.58. The van der Waals surface area contributed by atoms with Crippen LogP contribution in [0, 0.1) is 0 Å². The third-order valence-electron chi connectivity index (χ3n) is 3.67. The first-order valence-corrected chi connectivity index (χ1v) is 9.49. The van der Waals surface area contributed by atoms with Gasteiger partial charge in [0.05, 0.1) is 18.2 Å². The van der Waals surface area contributed by atoms with E-state index in [9.17, 15) is 0 Å². The molecule has 0 aliphatic rings. The SMILES string of the molecule is CCCCOc1ccc(NCCCCOc2ccc(Cl)cc2Cl)cc1. The summed E-state index contributed by atoms with van der Waals surface area (Å²) in [6.07, 6.45) is 4.20. The van der Waals surface area contributed by atoms with Crippen LogP contribution < -0.4 is 14.8 Å². The number of halogens is 2. The molecule has 2 aromatic carbocycles.